The zero-order valence-electron chi connectivity index (χ0n) is 9.56. The number of pyridine rings is 1. The van der Waals surface area contributed by atoms with Crippen LogP contribution in [-0.4, -0.2) is 24.7 Å². The summed E-state index contributed by atoms with van der Waals surface area (Å²) < 4.78 is 10.9. The Morgan fingerprint density at radius 1 is 1.50 bits per heavy atom. The van der Waals surface area contributed by atoms with Crippen molar-refractivity contribution in [3.8, 4) is 5.88 Å². The number of ether oxygens (including phenoxy) is 2. The first-order valence-electron chi connectivity index (χ1n) is 5.63. The topological polar surface area (TPSA) is 57.4 Å². The minimum absolute atomic E-state index is 0.360. The van der Waals surface area contributed by atoms with E-state index in [4.69, 9.17) is 15.2 Å². The minimum Gasteiger partial charge on any atom is -0.481 e. The van der Waals surface area contributed by atoms with Crippen molar-refractivity contribution < 1.29 is 9.47 Å². The van der Waals surface area contributed by atoms with Gasteiger partial charge in [0.1, 0.15) is 0 Å². The van der Waals surface area contributed by atoms with Gasteiger partial charge < -0.3 is 15.2 Å². The molecule has 1 saturated carbocycles. The molecular formula is C12H18N2O2. The molecular weight excluding hydrogens is 204 g/mol. The summed E-state index contributed by atoms with van der Waals surface area (Å²) in [4.78, 5) is 4.13. The number of aromatic nitrogens is 1. The number of nitrogens with zero attached hydrogens (tertiary/aromatic N) is 1. The van der Waals surface area contributed by atoms with Crippen LogP contribution in [0.5, 0.6) is 5.88 Å². The molecule has 0 spiro atoms. The Bertz CT molecular complexity index is 338. The largest absolute Gasteiger partial charge is 0.481 e. The molecule has 1 aromatic heterocycles. The van der Waals surface area contributed by atoms with E-state index in [1.165, 1.54) is 0 Å². The predicted molar refractivity (Wildman–Crippen MR) is 61.1 cm³/mol. The van der Waals surface area contributed by atoms with Crippen LogP contribution in [0.15, 0.2) is 18.3 Å². The van der Waals surface area contributed by atoms with Crippen LogP contribution in [0.3, 0.4) is 0 Å². The maximum Gasteiger partial charge on any atom is 0.218 e. The molecule has 0 radical (unpaired) electrons. The van der Waals surface area contributed by atoms with Crippen LogP contribution in [0.1, 0.15) is 18.4 Å². The minimum atomic E-state index is 0.360. The summed E-state index contributed by atoms with van der Waals surface area (Å²) >= 11 is 0. The maximum atomic E-state index is 5.76. The van der Waals surface area contributed by atoms with Gasteiger partial charge in [0.05, 0.1) is 19.8 Å². The molecule has 1 aliphatic rings. The van der Waals surface area contributed by atoms with Gasteiger partial charge >= 0.3 is 0 Å². The molecule has 4 heteroatoms. The monoisotopic (exact) mass is 222 g/mol. The average Bonchev–Trinajstić information content (AvgIpc) is 2.28. The number of methoxy groups -OCH3 is 1. The Kier molecular flexibility index (Phi) is 3.74. The molecule has 1 aromatic rings. The van der Waals surface area contributed by atoms with Crippen molar-refractivity contribution in [2.45, 2.75) is 25.6 Å². The highest BCUT2D eigenvalue weighted by molar-refractivity contribution is 5.24. The Hall–Kier alpha value is -1.13. The maximum absolute atomic E-state index is 5.76. The van der Waals surface area contributed by atoms with E-state index in [0.29, 0.717) is 24.5 Å². The Labute approximate surface area is 95.8 Å². The lowest BCUT2D eigenvalue weighted by Crippen LogP contribution is -2.35. The summed E-state index contributed by atoms with van der Waals surface area (Å²) in [6.07, 6.45) is 4.24. The molecule has 1 aliphatic carbocycles. The zero-order valence-corrected chi connectivity index (χ0v) is 9.56. The van der Waals surface area contributed by atoms with E-state index in [1.54, 1.807) is 13.3 Å². The van der Waals surface area contributed by atoms with Gasteiger partial charge in [0, 0.05) is 11.8 Å². The van der Waals surface area contributed by atoms with Gasteiger partial charge in [-0.2, -0.15) is 0 Å². The van der Waals surface area contributed by atoms with E-state index >= 15 is 0 Å². The Morgan fingerprint density at radius 3 is 3.00 bits per heavy atom. The van der Waals surface area contributed by atoms with E-state index in [9.17, 15) is 0 Å². The van der Waals surface area contributed by atoms with Gasteiger partial charge in [0.15, 0.2) is 0 Å². The second-order valence-corrected chi connectivity index (χ2v) is 4.18. The molecule has 0 aromatic carbocycles. The average molecular weight is 222 g/mol. The Balaban J connectivity index is 1.81. The number of hydrogen-bond donors (Lipinski definition) is 1. The standard InChI is InChI=1S/C12H18N2O2/c1-15-12-10(3-2-4-14-12)8-16-11-5-9(6-11)7-13/h2-4,9,11H,5-8,13H2,1H3. The summed E-state index contributed by atoms with van der Waals surface area (Å²) in [5.41, 5.74) is 6.56. The highest BCUT2D eigenvalue weighted by Gasteiger charge is 2.28. The van der Waals surface area contributed by atoms with Crippen molar-refractivity contribution in [2.75, 3.05) is 13.7 Å². The van der Waals surface area contributed by atoms with Crippen LogP contribution in [0, 0.1) is 5.92 Å². The molecule has 0 saturated heterocycles. The normalized spacial score (nSPS) is 23.9. The molecule has 88 valence electrons. The van der Waals surface area contributed by atoms with Gasteiger partial charge in [-0.25, -0.2) is 4.98 Å². The fourth-order valence-electron chi connectivity index (χ4n) is 1.93. The van der Waals surface area contributed by atoms with Gasteiger partial charge in [-0.3, -0.25) is 0 Å². The highest BCUT2D eigenvalue weighted by atomic mass is 16.5. The molecule has 2 N–H and O–H groups in total. The summed E-state index contributed by atoms with van der Waals surface area (Å²) in [5, 5.41) is 0. The van der Waals surface area contributed by atoms with Crippen LogP contribution in [0.2, 0.25) is 0 Å². The van der Waals surface area contributed by atoms with Crippen molar-refractivity contribution in [1.82, 2.24) is 4.98 Å². The van der Waals surface area contributed by atoms with Crippen molar-refractivity contribution in [1.29, 1.82) is 0 Å². The lowest BCUT2D eigenvalue weighted by molar-refractivity contribution is -0.0382. The number of nitrogens with two attached hydrogens (primary N) is 1. The molecule has 2 rings (SSSR count). The molecule has 0 amide bonds. The second-order valence-electron chi connectivity index (χ2n) is 4.18. The lowest BCUT2D eigenvalue weighted by Gasteiger charge is -2.34. The van der Waals surface area contributed by atoms with E-state index < -0.39 is 0 Å². The van der Waals surface area contributed by atoms with Gasteiger partial charge in [-0.05, 0) is 37.4 Å². The van der Waals surface area contributed by atoms with Crippen molar-refractivity contribution in [2.24, 2.45) is 11.7 Å². The highest BCUT2D eigenvalue weighted by Crippen LogP contribution is 2.30. The van der Waals surface area contributed by atoms with E-state index in [-0.39, 0.29) is 0 Å². The van der Waals surface area contributed by atoms with Gasteiger partial charge in [-0.15, -0.1) is 0 Å². The number of rotatable bonds is 5. The molecule has 4 nitrogen and oxygen atoms in total. The fraction of sp³-hybridized carbons (Fsp3) is 0.583. The third-order valence-corrected chi connectivity index (χ3v) is 3.04. The van der Waals surface area contributed by atoms with Crippen molar-refractivity contribution in [3.63, 3.8) is 0 Å². The fourth-order valence-corrected chi connectivity index (χ4v) is 1.93. The van der Waals surface area contributed by atoms with E-state index in [0.717, 1.165) is 24.9 Å². The smallest absolute Gasteiger partial charge is 0.218 e. The summed E-state index contributed by atoms with van der Waals surface area (Å²) in [6.45, 7) is 1.34. The van der Waals surface area contributed by atoms with Crippen LogP contribution in [0.4, 0.5) is 0 Å². The number of hydrogen-bond acceptors (Lipinski definition) is 4. The molecule has 0 atom stereocenters. The van der Waals surface area contributed by atoms with E-state index in [2.05, 4.69) is 4.98 Å². The third kappa shape index (κ3) is 2.51. The third-order valence-electron chi connectivity index (χ3n) is 3.04. The van der Waals surface area contributed by atoms with Gasteiger partial charge in [0.25, 0.3) is 0 Å². The second kappa shape index (κ2) is 5.27. The lowest BCUT2D eigenvalue weighted by atomic mass is 9.82. The molecule has 16 heavy (non-hydrogen) atoms. The van der Waals surface area contributed by atoms with Crippen LogP contribution in [0.25, 0.3) is 0 Å². The molecule has 0 unspecified atom stereocenters. The van der Waals surface area contributed by atoms with Gasteiger partial charge in [-0.1, -0.05) is 0 Å². The zero-order chi connectivity index (χ0) is 11.4. The summed E-state index contributed by atoms with van der Waals surface area (Å²) in [5.74, 6) is 1.30. The SMILES string of the molecule is COc1ncccc1COC1CC(CN)C1. The van der Waals surface area contributed by atoms with Crippen LogP contribution >= 0.6 is 0 Å². The summed E-state index contributed by atoms with van der Waals surface area (Å²) in [6, 6.07) is 3.87. The predicted octanol–water partition coefficient (Wildman–Crippen LogP) is 1.34. The molecule has 1 heterocycles. The molecule has 0 bridgehead atoms. The van der Waals surface area contributed by atoms with Crippen molar-refractivity contribution in [3.05, 3.63) is 23.9 Å². The first-order chi connectivity index (χ1) is 7.83. The van der Waals surface area contributed by atoms with Crippen LogP contribution in [-0.2, 0) is 11.3 Å². The quantitative estimate of drug-likeness (QED) is 0.817. The van der Waals surface area contributed by atoms with Crippen molar-refractivity contribution >= 4 is 0 Å². The first kappa shape index (κ1) is 11.4. The van der Waals surface area contributed by atoms with Gasteiger partial charge in [0.2, 0.25) is 5.88 Å². The summed E-state index contributed by atoms with van der Waals surface area (Å²) in [7, 11) is 1.62. The Morgan fingerprint density at radius 2 is 2.31 bits per heavy atom. The first-order valence-corrected chi connectivity index (χ1v) is 5.63. The van der Waals surface area contributed by atoms with E-state index in [1.807, 2.05) is 12.1 Å². The molecule has 1 fully saturated rings. The molecule has 0 aliphatic heterocycles. The van der Waals surface area contributed by atoms with Crippen LogP contribution < -0.4 is 10.5 Å².